The molecule has 1 saturated heterocycles. The first-order valence-electron chi connectivity index (χ1n) is 11.5. The Balaban J connectivity index is 1.48. The predicted molar refractivity (Wildman–Crippen MR) is 126 cm³/mol. The third-order valence-corrected chi connectivity index (χ3v) is 6.05. The van der Waals surface area contributed by atoms with E-state index in [-0.39, 0.29) is 0 Å². The minimum atomic E-state index is 0.319. The van der Waals surface area contributed by atoms with Gasteiger partial charge in [0.15, 0.2) is 5.65 Å². The lowest BCUT2D eigenvalue weighted by Gasteiger charge is -2.22. The number of methoxy groups -OCH3 is 1. The van der Waals surface area contributed by atoms with E-state index >= 15 is 0 Å². The molecule has 3 aromatic heterocycles. The number of fused-ring (bicyclic) bond motifs is 1. The van der Waals surface area contributed by atoms with Crippen LogP contribution in [0.15, 0.2) is 48.7 Å². The largest absolute Gasteiger partial charge is 0.491 e. The first-order valence-corrected chi connectivity index (χ1v) is 11.5. The molecule has 4 heterocycles. The Morgan fingerprint density at radius 3 is 2.61 bits per heavy atom. The highest BCUT2D eigenvalue weighted by molar-refractivity contribution is 5.81. The van der Waals surface area contributed by atoms with E-state index in [0.29, 0.717) is 19.3 Å². The lowest BCUT2D eigenvalue weighted by atomic mass is 10.1. The van der Waals surface area contributed by atoms with E-state index in [0.717, 1.165) is 72.0 Å². The van der Waals surface area contributed by atoms with E-state index in [4.69, 9.17) is 24.3 Å². The van der Waals surface area contributed by atoms with E-state index < -0.39 is 0 Å². The normalized spacial score (nSPS) is 14.7. The molecule has 1 aromatic carbocycles. The number of benzene rings is 1. The number of pyridine rings is 1. The minimum absolute atomic E-state index is 0.319. The molecule has 8 nitrogen and oxygen atoms in total. The van der Waals surface area contributed by atoms with Crippen molar-refractivity contribution in [3.8, 4) is 22.8 Å². The smallest absolute Gasteiger partial charge is 0.159 e. The van der Waals surface area contributed by atoms with Crippen LogP contribution in [-0.4, -0.2) is 58.1 Å². The molecule has 0 unspecified atom stereocenters. The zero-order valence-corrected chi connectivity index (χ0v) is 19.1. The maximum atomic E-state index is 5.68. The lowest BCUT2D eigenvalue weighted by molar-refractivity contribution is 0.0672. The van der Waals surface area contributed by atoms with Crippen molar-refractivity contribution < 1.29 is 14.2 Å². The van der Waals surface area contributed by atoms with Crippen LogP contribution in [0, 0.1) is 0 Å². The van der Waals surface area contributed by atoms with Gasteiger partial charge in [0.25, 0.3) is 0 Å². The van der Waals surface area contributed by atoms with Crippen LogP contribution in [0.5, 0.6) is 5.75 Å². The first kappa shape index (κ1) is 21.6. The summed E-state index contributed by atoms with van der Waals surface area (Å²) in [5, 5.41) is 10.6. The molecule has 1 aliphatic heterocycles. The van der Waals surface area contributed by atoms with E-state index in [1.54, 1.807) is 13.3 Å². The monoisotopic (exact) mass is 447 g/mol. The molecule has 0 bridgehead atoms. The van der Waals surface area contributed by atoms with Gasteiger partial charge in [-0.2, -0.15) is 10.2 Å². The molecule has 0 atom stereocenters. The van der Waals surface area contributed by atoms with Gasteiger partial charge >= 0.3 is 0 Å². The Morgan fingerprint density at radius 1 is 1.03 bits per heavy atom. The second kappa shape index (κ2) is 9.72. The molecule has 1 aliphatic rings. The van der Waals surface area contributed by atoms with Crippen molar-refractivity contribution >= 4 is 11.0 Å². The summed E-state index contributed by atoms with van der Waals surface area (Å²) in [5.74, 6) is 0.802. The topological polar surface area (TPSA) is 76.2 Å². The average molecular weight is 448 g/mol. The summed E-state index contributed by atoms with van der Waals surface area (Å²) in [4.78, 5) is 5.08. The molecule has 1 fully saturated rings. The van der Waals surface area contributed by atoms with Crippen molar-refractivity contribution in [2.45, 2.75) is 32.2 Å². The number of hydrogen-bond acceptors (Lipinski definition) is 6. The Labute approximate surface area is 193 Å². The average Bonchev–Trinajstić information content (AvgIpc) is 3.50. The Kier molecular flexibility index (Phi) is 6.37. The molecular formula is C25H29N5O3. The van der Waals surface area contributed by atoms with Crippen molar-refractivity contribution in [3.05, 3.63) is 54.4 Å². The molecule has 33 heavy (non-hydrogen) atoms. The molecule has 4 aromatic rings. The molecule has 0 amide bonds. The van der Waals surface area contributed by atoms with Crippen LogP contribution >= 0.6 is 0 Å². The fraction of sp³-hybridized carbons (Fsp3) is 0.400. The quantitative estimate of drug-likeness (QED) is 0.377. The fourth-order valence-electron chi connectivity index (χ4n) is 4.30. The molecule has 8 heteroatoms. The van der Waals surface area contributed by atoms with Gasteiger partial charge in [-0.05, 0) is 61.7 Å². The van der Waals surface area contributed by atoms with Gasteiger partial charge in [0.1, 0.15) is 12.4 Å². The Bertz CT molecular complexity index is 1210. The third-order valence-electron chi connectivity index (χ3n) is 6.05. The van der Waals surface area contributed by atoms with Gasteiger partial charge in [0.05, 0.1) is 41.6 Å². The molecule has 0 aliphatic carbocycles. The SMILES string of the molecule is CCc1nn(C2CCOCC2)c2nc(-c3ccnn3-c3ccc(OCCOC)cc3)ccc12. The van der Waals surface area contributed by atoms with Gasteiger partial charge in [-0.1, -0.05) is 6.92 Å². The minimum Gasteiger partial charge on any atom is -0.491 e. The zero-order chi connectivity index (χ0) is 22.6. The molecule has 0 spiro atoms. The van der Waals surface area contributed by atoms with Crippen LogP contribution < -0.4 is 4.74 Å². The molecule has 0 radical (unpaired) electrons. The zero-order valence-electron chi connectivity index (χ0n) is 19.1. The second-order valence-electron chi connectivity index (χ2n) is 8.12. The Hall–Kier alpha value is -3.23. The van der Waals surface area contributed by atoms with Crippen LogP contribution in [0.4, 0.5) is 0 Å². The summed E-state index contributed by atoms with van der Waals surface area (Å²) in [6, 6.07) is 14.4. The number of rotatable bonds is 8. The van der Waals surface area contributed by atoms with Gasteiger partial charge in [0, 0.05) is 25.7 Å². The second-order valence-corrected chi connectivity index (χ2v) is 8.12. The standard InChI is InChI=1S/C25H29N5O3/c1-3-22-21-8-9-23(27-25(21)30(28-22)19-11-14-32-15-12-19)24-10-13-26-29(24)18-4-6-20(7-5-18)33-17-16-31-2/h4-10,13,19H,3,11-12,14-17H2,1-2H3. The molecule has 5 rings (SSSR count). The van der Waals surface area contributed by atoms with Crippen molar-refractivity contribution in [2.75, 3.05) is 33.5 Å². The van der Waals surface area contributed by atoms with E-state index in [2.05, 4.69) is 28.8 Å². The Morgan fingerprint density at radius 2 is 1.85 bits per heavy atom. The highest BCUT2D eigenvalue weighted by Crippen LogP contribution is 2.30. The highest BCUT2D eigenvalue weighted by Gasteiger charge is 2.22. The number of nitrogens with zero attached hydrogens (tertiary/aromatic N) is 5. The van der Waals surface area contributed by atoms with Crippen molar-refractivity contribution in [1.29, 1.82) is 0 Å². The summed E-state index contributed by atoms with van der Waals surface area (Å²) in [5.41, 5.74) is 4.78. The van der Waals surface area contributed by atoms with Crippen LogP contribution in [0.3, 0.4) is 0 Å². The van der Waals surface area contributed by atoms with Crippen LogP contribution in [0.2, 0.25) is 0 Å². The number of hydrogen-bond donors (Lipinski definition) is 0. The summed E-state index contributed by atoms with van der Waals surface area (Å²) in [6.45, 7) is 4.76. The maximum absolute atomic E-state index is 5.68. The van der Waals surface area contributed by atoms with Gasteiger partial charge in [-0.15, -0.1) is 0 Å². The summed E-state index contributed by atoms with van der Waals surface area (Å²) >= 11 is 0. The maximum Gasteiger partial charge on any atom is 0.159 e. The predicted octanol–water partition coefficient (Wildman–Crippen LogP) is 4.22. The van der Waals surface area contributed by atoms with Crippen LogP contribution in [-0.2, 0) is 15.9 Å². The molecular weight excluding hydrogens is 418 g/mol. The number of aryl methyl sites for hydroxylation is 1. The number of ether oxygens (including phenoxy) is 3. The van der Waals surface area contributed by atoms with E-state index in [1.807, 2.05) is 35.0 Å². The van der Waals surface area contributed by atoms with Crippen LogP contribution in [0.25, 0.3) is 28.1 Å². The van der Waals surface area contributed by atoms with E-state index in [9.17, 15) is 0 Å². The van der Waals surface area contributed by atoms with Gasteiger partial charge < -0.3 is 14.2 Å². The summed E-state index contributed by atoms with van der Waals surface area (Å²) < 4.78 is 20.3. The fourth-order valence-corrected chi connectivity index (χ4v) is 4.30. The molecule has 172 valence electrons. The molecule has 0 N–H and O–H groups in total. The van der Waals surface area contributed by atoms with Gasteiger partial charge in [-0.3, -0.25) is 0 Å². The summed E-state index contributed by atoms with van der Waals surface area (Å²) in [7, 11) is 1.66. The third kappa shape index (κ3) is 4.36. The number of aromatic nitrogens is 5. The van der Waals surface area contributed by atoms with Crippen molar-refractivity contribution in [3.63, 3.8) is 0 Å². The van der Waals surface area contributed by atoms with E-state index in [1.165, 1.54) is 0 Å². The van der Waals surface area contributed by atoms with Gasteiger partial charge in [-0.25, -0.2) is 14.3 Å². The van der Waals surface area contributed by atoms with Crippen molar-refractivity contribution in [2.24, 2.45) is 0 Å². The summed E-state index contributed by atoms with van der Waals surface area (Å²) in [6.07, 6.45) is 4.60. The lowest BCUT2D eigenvalue weighted by Crippen LogP contribution is -2.21. The van der Waals surface area contributed by atoms with Gasteiger partial charge in [0.2, 0.25) is 0 Å². The van der Waals surface area contributed by atoms with Crippen LogP contribution in [0.1, 0.15) is 31.5 Å². The first-order chi connectivity index (χ1) is 16.3. The van der Waals surface area contributed by atoms with Crippen molar-refractivity contribution in [1.82, 2.24) is 24.5 Å². The molecule has 0 saturated carbocycles. The highest BCUT2D eigenvalue weighted by atomic mass is 16.5.